The summed E-state index contributed by atoms with van der Waals surface area (Å²) in [6.07, 6.45) is 0. The predicted molar refractivity (Wildman–Crippen MR) is 112 cm³/mol. The van der Waals surface area contributed by atoms with Gasteiger partial charge in [0.05, 0.1) is 5.48 Å². The van der Waals surface area contributed by atoms with E-state index in [0.717, 1.165) is 27.1 Å². The Hall–Kier alpha value is -3.38. The van der Waals surface area contributed by atoms with Crippen molar-refractivity contribution in [2.24, 2.45) is 0 Å². The summed E-state index contributed by atoms with van der Waals surface area (Å²) in [6, 6.07) is 27.0. The van der Waals surface area contributed by atoms with E-state index in [0.29, 0.717) is 16.7 Å². The minimum atomic E-state index is -0.0192. The molecule has 0 atom stereocenters. The van der Waals surface area contributed by atoms with Crippen LogP contribution < -0.4 is 0 Å². The Balaban J connectivity index is 1.94. The van der Waals surface area contributed by atoms with Crippen molar-refractivity contribution < 1.29 is 5.48 Å². The van der Waals surface area contributed by atoms with Gasteiger partial charge in [-0.15, -0.1) is 0 Å². The van der Waals surface area contributed by atoms with Crippen molar-refractivity contribution in [3.05, 3.63) is 109 Å². The summed E-state index contributed by atoms with van der Waals surface area (Å²) in [6.45, 7) is 0. The van der Waals surface area contributed by atoms with Gasteiger partial charge in [0.25, 0.3) is 0 Å². The highest BCUT2D eigenvalue weighted by Gasteiger charge is 2.09. The molecule has 0 saturated heterocycles. The highest BCUT2D eigenvalue weighted by atomic mass is 14.1. The lowest BCUT2D eigenvalue weighted by Gasteiger charge is -2.12. The molecule has 0 saturated carbocycles. The first-order chi connectivity index (χ1) is 14.6. The molecule has 0 unspecified atom stereocenters. The summed E-state index contributed by atoms with van der Waals surface area (Å²) in [4.78, 5) is 0. The lowest BCUT2D eigenvalue weighted by Crippen LogP contribution is -1.86. The van der Waals surface area contributed by atoms with E-state index in [1.807, 2.05) is 78.9 Å². The Labute approximate surface area is 159 Å². The standard InChI is InChI=1S/C26H18/c1-2-8-19(9-3-1)20-14-16-21(17-15-20)26-24-12-6-4-10-22(24)18-23-11-5-7-13-25(23)26/h1-18H/i14D,15D,16D,17D. The van der Waals surface area contributed by atoms with Crippen LogP contribution in [0.1, 0.15) is 5.48 Å². The van der Waals surface area contributed by atoms with Crippen LogP contribution in [0.2, 0.25) is 0 Å². The number of rotatable bonds is 2. The molecule has 122 valence electrons. The number of hydrogen-bond donors (Lipinski definition) is 0. The molecule has 0 aliphatic rings. The quantitative estimate of drug-likeness (QED) is 0.296. The van der Waals surface area contributed by atoms with Crippen LogP contribution in [0.5, 0.6) is 0 Å². The Bertz CT molecular complexity index is 1340. The zero-order valence-corrected chi connectivity index (χ0v) is 14.1. The number of fused-ring (bicyclic) bond motifs is 2. The molecular weight excluding hydrogens is 312 g/mol. The van der Waals surface area contributed by atoms with Gasteiger partial charge < -0.3 is 0 Å². The van der Waals surface area contributed by atoms with Crippen LogP contribution >= 0.6 is 0 Å². The van der Waals surface area contributed by atoms with Crippen LogP contribution in [-0.4, -0.2) is 0 Å². The third-order valence-corrected chi connectivity index (χ3v) is 4.71. The largest absolute Gasteiger partial charge is 0.0629 e. The SMILES string of the molecule is [2H]c1c([2H])c(-c2c3ccccc3cc3ccccc23)c([2H])c([2H])c1-c1ccccc1. The highest BCUT2D eigenvalue weighted by Crippen LogP contribution is 2.37. The summed E-state index contributed by atoms with van der Waals surface area (Å²) >= 11 is 0. The molecule has 0 bridgehead atoms. The molecule has 5 rings (SSSR count). The molecule has 0 aromatic heterocycles. The molecule has 5 aromatic rings. The van der Waals surface area contributed by atoms with E-state index < -0.39 is 0 Å². The summed E-state index contributed by atoms with van der Waals surface area (Å²) in [5.41, 5.74) is 2.11. The van der Waals surface area contributed by atoms with Gasteiger partial charge in [0.1, 0.15) is 0 Å². The smallest absolute Gasteiger partial charge is 0.0622 e. The van der Waals surface area contributed by atoms with Crippen LogP contribution in [0.4, 0.5) is 0 Å². The molecule has 0 amide bonds. The molecule has 5 aromatic carbocycles. The van der Waals surface area contributed by atoms with Crippen LogP contribution in [0.3, 0.4) is 0 Å². The molecule has 0 aliphatic heterocycles. The number of benzene rings is 5. The lowest BCUT2D eigenvalue weighted by atomic mass is 9.91. The van der Waals surface area contributed by atoms with Gasteiger partial charge in [0.2, 0.25) is 0 Å². The van der Waals surface area contributed by atoms with E-state index >= 15 is 0 Å². The molecule has 0 radical (unpaired) electrons. The zero-order chi connectivity index (χ0) is 20.8. The van der Waals surface area contributed by atoms with Crippen LogP contribution in [0, 0.1) is 0 Å². The molecule has 0 aliphatic carbocycles. The van der Waals surface area contributed by atoms with Gasteiger partial charge in [-0.05, 0) is 49.9 Å². The second-order valence-corrected chi connectivity index (χ2v) is 6.31. The monoisotopic (exact) mass is 334 g/mol. The Kier molecular flexibility index (Phi) is 2.67. The third-order valence-electron chi connectivity index (χ3n) is 4.71. The van der Waals surface area contributed by atoms with E-state index in [9.17, 15) is 0 Å². The predicted octanol–water partition coefficient (Wildman–Crippen LogP) is 7.33. The fraction of sp³-hybridized carbons (Fsp3) is 0. The lowest BCUT2D eigenvalue weighted by molar-refractivity contribution is 1.61. The Morgan fingerprint density at radius 2 is 0.962 bits per heavy atom. The summed E-state index contributed by atoms with van der Waals surface area (Å²) in [7, 11) is 0. The first-order valence-corrected chi connectivity index (χ1v) is 8.64. The highest BCUT2D eigenvalue weighted by molar-refractivity contribution is 6.12. The maximum absolute atomic E-state index is 8.82. The van der Waals surface area contributed by atoms with Crippen LogP contribution in [0.25, 0.3) is 43.8 Å². The van der Waals surface area contributed by atoms with E-state index in [1.54, 1.807) is 0 Å². The molecular formula is C26H18. The van der Waals surface area contributed by atoms with Gasteiger partial charge in [-0.1, -0.05) is 103 Å². The second kappa shape index (κ2) is 6.16. The van der Waals surface area contributed by atoms with E-state index in [4.69, 9.17) is 5.48 Å². The average Bonchev–Trinajstić information content (AvgIpc) is 2.78. The topological polar surface area (TPSA) is 0 Å². The fourth-order valence-corrected chi connectivity index (χ4v) is 3.47. The zero-order valence-electron chi connectivity index (χ0n) is 18.1. The van der Waals surface area contributed by atoms with Gasteiger partial charge in [0.15, 0.2) is 0 Å². The van der Waals surface area contributed by atoms with Crippen LogP contribution in [-0.2, 0) is 0 Å². The first-order valence-electron chi connectivity index (χ1n) is 10.6. The van der Waals surface area contributed by atoms with Gasteiger partial charge in [-0.3, -0.25) is 0 Å². The molecule has 0 heteroatoms. The second-order valence-electron chi connectivity index (χ2n) is 6.31. The summed E-state index contributed by atoms with van der Waals surface area (Å²) in [5.74, 6) is 0. The normalized spacial score (nSPS) is 13.2. The minimum absolute atomic E-state index is 0.0173. The Morgan fingerprint density at radius 3 is 1.58 bits per heavy atom. The van der Waals surface area contributed by atoms with Crippen molar-refractivity contribution in [2.45, 2.75) is 0 Å². The van der Waals surface area contributed by atoms with E-state index in [-0.39, 0.29) is 24.2 Å². The Morgan fingerprint density at radius 1 is 0.462 bits per heavy atom. The van der Waals surface area contributed by atoms with Gasteiger partial charge >= 0.3 is 0 Å². The first kappa shape index (κ1) is 11.3. The van der Waals surface area contributed by atoms with Gasteiger partial charge in [-0.25, -0.2) is 0 Å². The molecule has 0 nitrogen and oxygen atoms in total. The van der Waals surface area contributed by atoms with Gasteiger partial charge in [0, 0.05) is 0 Å². The molecule has 0 heterocycles. The fourth-order valence-electron chi connectivity index (χ4n) is 3.47. The van der Waals surface area contributed by atoms with E-state index in [2.05, 4.69) is 6.07 Å². The van der Waals surface area contributed by atoms with Crippen molar-refractivity contribution in [3.8, 4) is 22.3 Å². The molecule has 26 heavy (non-hydrogen) atoms. The summed E-state index contributed by atoms with van der Waals surface area (Å²) in [5, 5.41) is 3.86. The summed E-state index contributed by atoms with van der Waals surface area (Å²) < 4.78 is 35.0. The van der Waals surface area contributed by atoms with Crippen molar-refractivity contribution in [3.63, 3.8) is 0 Å². The van der Waals surface area contributed by atoms with Crippen molar-refractivity contribution in [2.75, 3.05) is 0 Å². The van der Waals surface area contributed by atoms with Crippen molar-refractivity contribution in [1.29, 1.82) is 0 Å². The minimum Gasteiger partial charge on any atom is -0.0622 e. The van der Waals surface area contributed by atoms with Crippen molar-refractivity contribution >= 4 is 21.5 Å². The molecule has 0 spiro atoms. The maximum atomic E-state index is 8.82. The van der Waals surface area contributed by atoms with E-state index in [1.165, 1.54) is 0 Å². The molecule has 0 fully saturated rings. The van der Waals surface area contributed by atoms with Gasteiger partial charge in [-0.2, -0.15) is 0 Å². The maximum Gasteiger partial charge on any atom is 0.0629 e. The average molecular weight is 334 g/mol. The van der Waals surface area contributed by atoms with Crippen molar-refractivity contribution in [1.82, 2.24) is 0 Å². The third kappa shape index (κ3) is 2.48. The number of hydrogen-bond acceptors (Lipinski definition) is 0. The molecule has 0 N–H and O–H groups in total. The van der Waals surface area contributed by atoms with Crippen LogP contribution in [0.15, 0.2) is 109 Å².